The van der Waals surface area contributed by atoms with Crippen LogP contribution < -0.4 is 10.6 Å². The largest absolute Gasteiger partial charge is 0.465 e. The molecule has 2 amide bonds. The molecule has 1 aliphatic rings. The van der Waals surface area contributed by atoms with Gasteiger partial charge in [0.15, 0.2) is 6.29 Å². The van der Waals surface area contributed by atoms with E-state index in [1.807, 2.05) is 117 Å². The van der Waals surface area contributed by atoms with Crippen molar-refractivity contribution in [2.24, 2.45) is 0 Å². The van der Waals surface area contributed by atoms with E-state index < -0.39 is 24.4 Å². The molecule has 0 unspecified atom stereocenters. The predicted molar refractivity (Wildman–Crippen MR) is 191 cm³/mol. The topological polar surface area (TPSA) is 130 Å². The first-order valence-electron chi connectivity index (χ1n) is 17.0. The molecule has 1 heterocycles. The lowest BCUT2D eigenvalue weighted by Crippen LogP contribution is -2.43. The smallest absolute Gasteiger partial charge is 0.325 e. The number of carbonyl (C=O) groups excluding carboxylic acids is 2. The Kier molecular flexibility index (Phi) is 13.1. The van der Waals surface area contributed by atoms with Crippen LogP contribution in [0.4, 0.5) is 4.79 Å². The van der Waals surface area contributed by atoms with E-state index in [0.717, 1.165) is 38.9 Å². The Bertz CT molecular complexity index is 1670. The van der Waals surface area contributed by atoms with Crippen LogP contribution in [-0.2, 0) is 32.2 Å². The van der Waals surface area contributed by atoms with Gasteiger partial charge in [0, 0.05) is 31.1 Å². The highest BCUT2D eigenvalue weighted by atomic mass is 16.7. The van der Waals surface area contributed by atoms with Crippen molar-refractivity contribution in [3.8, 4) is 11.1 Å². The minimum absolute atomic E-state index is 0.0230. The predicted octanol–water partition coefficient (Wildman–Crippen LogP) is 5.81. The molecular weight excluding hydrogens is 634 g/mol. The summed E-state index contributed by atoms with van der Waals surface area (Å²) in [5, 5.41) is 25.9. The molecule has 4 aromatic rings. The Labute approximate surface area is 294 Å². The lowest BCUT2D eigenvalue weighted by molar-refractivity contribution is -0.253. The Hall–Kier alpha value is -4.58. The third-order valence-corrected chi connectivity index (χ3v) is 8.99. The standard InChI is InChI=1S/C40H47N3O7/c1-4-48-37(45)24-42-40(47)41-23-29-9-8-12-34(21-29)30-17-19-33(20-18-30)39-49-35(22-36(50-39)31-15-13-28(26-44)14-16-31)25-43(3)27(2)38(46)32-10-6-5-7-11-32/h5-21,27,35-36,38-39,44,46H,4,22-26H2,1-3H3,(H2,41,42,47)/t27-,35+,36-,38-,39-/m0/s1. The second-order valence-corrected chi connectivity index (χ2v) is 12.5. The zero-order valence-corrected chi connectivity index (χ0v) is 28.8. The molecule has 4 N–H and O–H groups in total. The fourth-order valence-corrected chi connectivity index (χ4v) is 5.99. The number of nitrogens with one attached hydrogen (secondary N) is 2. The second-order valence-electron chi connectivity index (χ2n) is 12.5. The molecule has 0 radical (unpaired) electrons. The van der Waals surface area contributed by atoms with Crippen LogP contribution in [0.5, 0.6) is 0 Å². The van der Waals surface area contributed by atoms with E-state index in [-0.39, 0.29) is 38.0 Å². The van der Waals surface area contributed by atoms with Gasteiger partial charge in [-0.25, -0.2) is 4.79 Å². The summed E-state index contributed by atoms with van der Waals surface area (Å²) in [6.07, 6.45) is -1.03. The molecule has 5 atom stereocenters. The van der Waals surface area contributed by atoms with Crippen LogP contribution in [0.25, 0.3) is 11.1 Å². The van der Waals surface area contributed by atoms with Crippen molar-refractivity contribution in [2.45, 2.75) is 64.1 Å². The first-order valence-corrected chi connectivity index (χ1v) is 17.0. The Balaban J connectivity index is 1.27. The number of hydrogen-bond acceptors (Lipinski definition) is 8. The molecule has 0 saturated carbocycles. The number of carbonyl (C=O) groups is 2. The number of amides is 2. The highest BCUT2D eigenvalue weighted by Gasteiger charge is 2.34. The molecule has 1 fully saturated rings. The molecule has 264 valence electrons. The van der Waals surface area contributed by atoms with Crippen molar-refractivity contribution in [3.05, 3.63) is 131 Å². The Morgan fingerprint density at radius 2 is 1.60 bits per heavy atom. The lowest BCUT2D eigenvalue weighted by Gasteiger charge is -2.39. The highest BCUT2D eigenvalue weighted by Crippen LogP contribution is 2.39. The summed E-state index contributed by atoms with van der Waals surface area (Å²) in [6.45, 7) is 4.67. The quantitative estimate of drug-likeness (QED) is 0.123. The van der Waals surface area contributed by atoms with Crippen LogP contribution >= 0.6 is 0 Å². The number of esters is 1. The van der Waals surface area contributed by atoms with Crippen LogP contribution in [0.1, 0.15) is 66.6 Å². The monoisotopic (exact) mass is 681 g/mol. The summed E-state index contributed by atoms with van der Waals surface area (Å²) in [7, 11) is 2.00. The molecular formula is C40H47N3O7. The maximum absolute atomic E-state index is 12.1. The van der Waals surface area contributed by atoms with Gasteiger partial charge >= 0.3 is 12.0 Å². The maximum Gasteiger partial charge on any atom is 0.325 e. The summed E-state index contributed by atoms with van der Waals surface area (Å²) in [5.41, 5.74) is 6.49. The molecule has 50 heavy (non-hydrogen) atoms. The fourth-order valence-electron chi connectivity index (χ4n) is 5.99. The van der Waals surface area contributed by atoms with Crippen LogP contribution in [-0.4, -0.2) is 66.0 Å². The first kappa shape index (κ1) is 36.7. The van der Waals surface area contributed by atoms with E-state index in [1.54, 1.807) is 6.92 Å². The van der Waals surface area contributed by atoms with Gasteiger partial charge in [0.1, 0.15) is 6.54 Å². The van der Waals surface area contributed by atoms with Crippen LogP contribution in [0.2, 0.25) is 0 Å². The van der Waals surface area contributed by atoms with Crippen LogP contribution in [0.3, 0.4) is 0 Å². The SMILES string of the molecule is CCOC(=O)CNC(=O)NCc1cccc(-c2ccc([C@H]3O[C@@H](CN(C)[C@@H](C)[C@H](O)c4ccccc4)C[C@@H](c4ccc(CO)cc4)O3)cc2)c1. The van der Waals surface area contributed by atoms with E-state index >= 15 is 0 Å². The molecule has 4 aromatic carbocycles. The number of ether oxygens (including phenoxy) is 3. The first-order chi connectivity index (χ1) is 24.2. The van der Waals surface area contributed by atoms with Crippen molar-refractivity contribution in [2.75, 3.05) is 26.7 Å². The zero-order chi connectivity index (χ0) is 35.5. The normalized spacial score (nSPS) is 18.6. The maximum atomic E-state index is 12.1. The van der Waals surface area contributed by atoms with Gasteiger partial charge in [-0.05, 0) is 60.3 Å². The molecule has 10 nitrogen and oxygen atoms in total. The van der Waals surface area contributed by atoms with Crippen LogP contribution in [0, 0.1) is 0 Å². The van der Waals surface area contributed by atoms with Gasteiger partial charge in [0.05, 0.1) is 31.5 Å². The fraction of sp³-hybridized carbons (Fsp3) is 0.350. The van der Waals surface area contributed by atoms with E-state index in [2.05, 4.69) is 15.5 Å². The average molecular weight is 682 g/mol. The van der Waals surface area contributed by atoms with Crippen molar-refractivity contribution >= 4 is 12.0 Å². The molecule has 0 aromatic heterocycles. The molecule has 0 bridgehead atoms. The molecule has 0 aliphatic carbocycles. The van der Waals surface area contributed by atoms with Gasteiger partial charge in [-0.3, -0.25) is 9.69 Å². The van der Waals surface area contributed by atoms with E-state index in [0.29, 0.717) is 19.5 Å². The van der Waals surface area contributed by atoms with Crippen molar-refractivity contribution < 1.29 is 34.0 Å². The number of urea groups is 1. The minimum atomic E-state index is -0.644. The van der Waals surface area contributed by atoms with Gasteiger partial charge < -0.3 is 35.1 Å². The Morgan fingerprint density at radius 3 is 2.30 bits per heavy atom. The van der Waals surface area contributed by atoms with Crippen LogP contribution in [0.15, 0.2) is 103 Å². The van der Waals surface area contributed by atoms with Gasteiger partial charge in [-0.1, -0.05) is 97.1 Å². The number of benzene rings is 4. The number of rotatable bonds is 14. The van der Waals surface area contributed by atoms with E-state index in [9.17, 15) is 19.8 Å². The van der Waals surface area contributed by atoms with Gasteiger partial charge in [0.2, 0.25) is 0 Å². The number of aliphatic hydroxyl groups excluding tert-OH is 2. The summed E-state index contributed by atoms with van der Waals surface area (Å²) in [6, 6.07) is 32.9. The molecule has 1 saturated heterocycles. The minimum Gasteiger partial charge on any atom is -0.465 e. The molecule has 5 rings (SSSR count). The van der Waals surface area contributed by atoms with Crippen molar-refractivity contribution in [1.82, 2.24) is 15.5 Å². The van der Waals surface area contributed by atoms with Gasteiger partial charge in [-0.2, -0.15) is 0 Å². The summed E-state index contributed by atoms with van der Waals surface area (Å²) >= 11 is 0. The highest BCUT2D eigenvalue weighted by molar-refractivity contribution is 5.80. The van der Waals surface area contributed by atoms with Crippen molar-refractivity contribution in [1.29, 1.82) is 0 Å². The van der Waals surface area contributed by atoms with Gasteiger partial charge in [-0.15, -0.1) is 0 Å². The summed E-state index contributed by atoms with van der Waals surface area (Å²) in [5.74, 6) is -0.486. The molecule has 1 aliphatic heterocycles. The molecule has 10 heteroatoms. The number of likely N-dealkylation sites (N-methyl/N-ethyl adjacent to an activating group) is 1. The number of aliphatic hydroxyl groups is 2. The average Bonchev–Trinajstić information content (AvgIpc) is 3.16. The number of hydrogen-bond donors (Lipinski definition) is 4. The lowest BCUT2D eigenvalue weighted by atomic mass is 9.98. The van der Waals surface area contributed by atoms with Crippen molar-refractivity contribution in [3.63, 3.8) is 0 Å². The number of nitrogens with zero attached hydrogens (tertiary/aromatic N) is 1. The molecule has 0 spiro atoms. The Morgan fingerprint density at radius 1 is 0.880 bits per heavy atom. The second kappa shape index (κ2) is 17.9. The summed E-state index contributed by atoms with van der Waals surface area (Å²) in [4.78, 5) is 25.8. The zero-order valence-electron chi connectivity index (χ0n) is 28.8. The third kappa shape index (κ3) is 9.99. The summed E-state index contributed by atoms with van der Waals surface area (Å²) < 4.78 is 18.0. The van der Waals surface area contributed by atoms with E-state index in [1.165, 1.54) is 0 Å². The van der Waals surface area contributed by atoms with Gasteiger partial charge in [0.25, 0.3) is 0 Å². The third-order valence-electron chi connectivity index (χ3n) is 8.99. The van der Waals surface area contributed by atoms with E-state index in [4.69, 9.17) is 14.2 Å².